The molecule has 0 aromatic heterocycles. The fourth-order valence-electron chi connectivity index (χ4n) is 0.149. The summed E-state index contributed by atoms with van der Waals surface area (Å²) in [5.74, 6) is 0. The highest BCUT2D eigenvalue weighted by Crippen LogP contribution is 1.82. The zero-order valence-electron chi connectivity index (χ0n) is 4.67. The Kier molecular flexibility index (Phi) is 3.15. The average molecular weight is 123 g/mol. The summed E-state index contributed by atoms with van der Waals surface area (Å²) in [7, 11) is 4.76. The van der Waals surface area contributed by atoms with Crippen molar-refractivity contribution in [1.29, 1.82) is 0 Å². The van der Waals surface area contributed by atoms with Crippen molar-refractivity contribution in [2.45, 2.75) is 0 Å². The van der Waals surface area contributed by atoms with Crippen LogP contribution in [0.2, 0.25) is 0 Å². The summed E-state index contributed by atoms with van der Waals surface area (Å²) in [5.41, 5.74) is 0. The molecule has 0 spiro atoms. The second-order valence-corrected chi connectivity index (χ2v) is 2.69. The van der Waals surface area contributed by atoms with Gasteiger partial charge >= 0.3 is 0 Å². The molecule has 1 atom stereocenters. The molecule has 0 aliphatic carbocycles. The Morgan fingerprint density at radius 1 is 1.57 bits per heavy atom. The molecule has 0 bridgehead atoms. The molecule has 0 aromatic rings. The molecule has 1 unspecified atom stereocenters. The third kappa shape index (κ3) is 2.73. The summed E-state index contributed by atoms with van der Waals surface area (Å²) >= 11 is -1.25. The minimum atomic E-state index is -1.25. The van der Waals surface area contributed by atoms with Crippen molar-refractivity contribution in [3.8, 4) is 0 Å². The molecule has 0 aromatic carbocycles. The third-order valence-corrected chi connectivity index (χ3v) is 1.32. The summed E-state index contributed by atoms with van der Waals surface area (Å²) in [5, 5.41) is 0. The number of nitrogens with zero attached hydrogens (tertiary/aromatic N) is 1. The van der Waals surface area contributed by atoms with E-state index >= 15 is 0 Å². The minimum absolute atomic E-state index is 1.25. The predicted molar refractivity (Wildman–Crippen MR) is 28.8 cm³/mol. The van der Waals surface area contributed by atoms with Gasteiger partial charge in [-0.3, -0.25) is 4.18 Å². The van der Waals surface area contributed by atoms with Crippen LogP contribution >= 0.6 is 0 Å². The predicted octanol–water partition coefficient (Wildman–Crippen LogP) is -0.227. The van der Waals surface area contributed by atoms with Crippen molar-refractivity contribution in [3.05, 3.63) is 0 Å². The van der Waals surface area contributed by atoms with E-state index in [1.807, 2.05) is 0 Å². The topological polar surface area (TPSA) is 29.5 Å². The Morgan fingerprint density at radius 3 is 2.00 bits per heavy atom. The van der Waals surface area contributed by atoms with Crippen LogP contribution in [-0.2, 0) is 15.4 Å². The average Bonchev–Trinajstić information content (AvgIpc) is 1.65. The first-order valence-corrected chi connectivity index (χ1v) is 2.85. The Morgan fingerprint density at radius 2 is 2.00 bits per heavy atom. The van der Waals surface area contributed by atoms with E-state index in [0.29, 0.717) is 0 Å². The van der Waals surface area contributed by atoms with Gasteiger partial charge in [0.1, 0.15) is 0 Å². The molecule has 0 radical (unpaired) electrons. The highest BCUT2D eigenvalue weighted by Gasteiger charge is 1.95. The van der Waals surface area contributed by atoms with Gasteiger partial charge < -0.3 is 0 Å². The summed E-state index contributed by atoms with van der Waals surface area (Å²) in [6, 6.07) is 0. The van der Waals surface area contributed by atoms with E-state index in [-0.39, 0.29) is 0 Å². The largest absolute Gasteiger partial charge is 0.281 e. The second-order valence-electron chi connectivity index (χ2n) is 1.20. The summed E-state index contributed by atoms with van der Waals surface area (Å²) in [4.78, 5) is 0. The first-order chi connectivity index (χ1) is 3.18. The standard InChI is InChI=1S/C3H9NO2S/c1-4(2)7(5)6-3/h1-3H3. The van der Waals surface area contributed by atoms with Crippen LogP contribution in [0, 0.1) is 0 Å². The molecular formula is C3H9NO2S. The van der Waals surface area contributed by atoms with E-state index in [1.54, 1.807) is 14.1 Å². The maximum absolute atomic E-state index is 10.3. The van der Waals surface area contributed by atoms with Crippen LogP contribution in [-0.4, -0.2) is 29.7 Å². The molecule has 0 aliphatic heterocycles. The Labute approximate surface area is 46.1 Å². The van der Waals surface area contributed by atoms with Gasteiger partial charge in [0, 0.05) is 14.1 Å². The van der Waals surface area contributed by atoms with E-state index in [9.17, 15) is 4.21 Å². The van der Waals surface area contributed by atoms with Crippen molar-refractivity contribution in [3.63, 3.8) is 0 Å². The molecule has 0 N–H and O–H groups in total. The highest BCUT2D eigenvalue weighted by atomic mass is 32.2. The van der Waals surface area contributed by atoms with Crippen molar-refractivity contribution in [2.75, 3.05) is 21.2 Å². The first kappa shape index (κ1) is 7.07. The smallest absolute Gasteiger partial charge is 0.236 e. The molecule has 4 heteroatoms. The fraction of sp³-hybridized carbons (Fsp3) is 1.00. The van der Waals surface area contributed by atoms with Crippen LogP contribution < -0.4 is 0 Å². The quantitative estimate of drug-likeness (QED) is 0.507. The molecule has 0 heterocycles. The minimum Gasteiger partial charge on any atom is -0.281 e. The molecule has 3 nitrogen and oxygen atoms in total. The number of hydrogen-bond acceptors (Lipinski definition) is 2. The van der Waals surface area contributed by atoms with Gasteiger partial charge in [0.05, 0.1) is 7.11 Å². The zero-order chi connectivity index (χ0) is 5.86. The van der Waals surface area contributed by atoms with Gasteiger partial charge in [-0.1, -0.05) is 0 Å². The van der Waals surface area contributed by atoms with Crippen LogP contribution in [0.5, 0.6) is 0 Å². The molecule has 0 amide bonds. The van der Waals surface area contributed by atoms with Gasteiger partial charge in [-0.25, -0.2) is 8.51 Å². The zero-order valence-corrected chi connectivity index (χ0v) is 5.49. The SMILES string of the molecule is COS(=O)N(C)C. The lowest BCUT2D eigenvalue weighted by Crippen LogP contribution is -2.15. The lowest BCUT2D eigenvalue weighted by Gasteiger charge is -2.03. The lowest BCUT2D eigenvalue weighted by molar-refractivity contribution is 0.404. The maximum Gasteiger partial charge on any atom is 0.236 e. The van der Waals surface area contributed by atoms with Crippen molar-refractivity contribution < 1.29 is 8.39 Å². The van der Waals surface area contributed by atoms with Gasteiger partial charge in [-0.2, -0.15) is 0 Å². The van der Waals surface area contributed by atoms with Crippen LogP contribution in [0.4, 0.5) is 0 Å². The van der Waals surface area contributed by atoms with Crippen molar-refractivity contribution >= 4 is 11.3 Å². The van der Waals surface area contributed by atoms with Crippen LogP contribution in [0.25, 0.3) is 0 Å². The van der Waals surface area contributed by atoms with Crippen LogP contribution in [0.1, 0.15) is 0 Å². The highest BCUT2D eigenvalue weighted by molar-refractivity contribution is 7.77. The van der Waals surface area contributed by atoms with Crippen molar-refractivity contribution in [1.82, 2.24) is 4.31 Å². The first-order valence-electron chi connectivity index (χ1n) is 1.82. The molecule has 0 fully saturated rings. The summed E-state index contributed by atoms with van der Waals surface area (Å²) < 4.78 is 16.2. The van der Waals surface area contributed by atoms with Gasteiger partial charge in [0.25, 0.3) is 0 Å². The Balaban J connectivity index is 3.35. The van der Waals surface area contributed by atoms with Gasteiger partial charge in [0.15, 0.2) is 0 Å². The van der Waals surface area contributed by atoms with E-state index in [0.717, 1.165) is 0 Å². The molecule has 7 heavy (non-hydrogen) atoms. The third-order valence-electron chi connectivity index (χ3n) is 0.441. The number of rotatable bonds is 2. The fourth-order valence-corrected chi connectivity index (χ4v) is 0.447. The van der Waals surface area contributed by atoms with E-state index < -0.39 is 11.3 Å². The summed E-state index contributed by atoms with van der Waals surface area (Å²) in [6.07, 6.45) is 0. The molecule has 44 valence electrons. The molecule has 0 aliphatic rings. The monoisotopic (exact) mass is 123 g/mol. The Bertz CT molecular complexity index is 73.3. The second kappa shape index (κ2) is 3.12. The van der Waals surface area contributed by atoms with Gasteiger partial charge in [-0.15, -0.1) is 0 Å². The lowest BCUT2D eigenvalue weighted by atomic mass is 11.3. The molecule has 0 saturated carbocycles. The van der Waals surface area contributed by atoms with E-state index in [1.165, 1.54) is 11.4 Å². The van der Waals surface area contributed by atoms with Crippen LogP contribution in [0.15, 0.2) is 0 Å². The normalized spacial score (nSPS) is 14.9. The van der Waals surface area contributed by atoms with Gasteiger partial charge in [0.2, 0.25) is 11.3 Å². The molecule has 0 rings (SSSR count). The van der Waals surface area contributed by atoms with E-state index in [2.05, 4.69) is 4.18 Å². The van der Waals surface area contributed by atoms with Crippen LogP contribution in [0.3, 0.4) is 0 Å². The molecular weight excluding hydrogens is 114 g/mol. The van der Waals surface area contributed by atoms with Crippen molar-refractivity contribution in [2.24, 2.45) is 0 Å². The Hall–Kier alpha value is 0.0700. The van der Waals surface area contributed by atoms with E-state index in [4.69, 9.17) is 0 Å². The maximum atomic E-state index is 10.3. The van der Waals surface area contributed by atoms with Gasteiger partial charge in [-0.05, 0) is 0 Å². The number of hydrogen-bond donors (Lipinski definition) is 0. The molecule has 0 saturated heterocycles. The summed E-state index contributed by atoms with van der Waals surface area (Å²) in [6.45, 7) is 0.